The first-order valence-corrected chi connectivity index (χ1v) is 15.1. The zero-order valence-electron chi connectivity index (χ0n) is 25.3. The number of fused-ring (bicyclic) bond motifs is 2. The van der Waals surface area contributed by atoms with E-state index in [2.05, 4.69) is 19.9 Å². The summed E-state index contributed by atoms with van der Waals surface area (Å²) in [5.74, 6) is 0.675. The predicted molar refractivity (Wildman–Crippen MR) is 172 cm³/mol. The lowest BCUT2D eigenvalue weighted by Crippen LogP contribution is -2.44. The van der Waals surface area contributed by atoms with Crippen molar-refractivity contribution in [2.75, 3.05) is 36.8 Å². The highest BCUT2D eigenvalue weighted by Crippen LogP contribution is 2.46. The minimum absolute atomic E-state index is 0.0451. The Morgan fingerprint density at radius 2 is 1.58 bits per heavy atom. The fourth-order valence-corrected chi connectivity index (χ4v) is 6.61. The highest BCUT2D eigenvalue weighted by Gasteiger charge is 2.65. The lowest BCUT2D eigenvalue weighted by atomic mass is 9.94. The molecule has 2 aliphatic heterocycles. The van der Waals surface area contributed by atoms with E-state index in [1.807, 2.05) is 47.0 Å². The monoisotopic (exact) mass is 645 g/mol. The molecule has 8 rings (SSSR count). The Kier molecular flexibility index (Phi) is 6.81. The summed E-state index contributed by atoms with van der Waals surface area (Å²) in [7, 11) is 0. The molecule has 2 saturated heterocycles. The second kappa shape index (κ2) is 11.1. The molecule has 11 nitrogen and oxygen atoms in total. The summed E-state index contributed by atoms with van der Waals surface area (Å²) in [5.41, 5.74) is 6.47. The van der Waals surface area contributed by atoms with Crippen LogP contribution in [0.4, 0.5) is 24.8 Å². The van der Waals surface area contributed by atoms with Crippen molar-refractivity contribution >= 4 is 22.8 Å². The molecule has 0 radical (unpaired) electrons. The van der Waals surface area contributed by atoms with Crippen molar-refractivity contribution in [3.05, 3.63) is 103 Å². The van der Waals surface area contributed by atoms with Crippen LogP contribution in [0, 0.1) is 17.1 Å². The molecule has 238 valence electrons. The highest BCUT2D eigenvalue weighted by atomic mass is 19.2. The molecule has 0 saturated carbocycles. The SMILES string of the molecule is N#Cc1nccc(N2C[C@]3(F)CN(Cc4ccc(-n5c(-c6cccnc6N)nc6ccc(-c7ccc(F)cn7)nc65)cc4)C[C@]3(F)C2)n1. The number of nitrogens with zero attached hydrogens (tertiary/aromatic N) is 10. The molecule has 7 heterocycles. The van der Waals surface area contributed by atoms with Gasteiger partial charge >= 0.3 is 0 Å². The maximum absolute atomic E-state index is 16.1. The summed E-state index contributed by atoms with van der Waals surface area (Å²) in [5, 5.41) is 9.12. The molecule has 1 aromatic carbocycles. The third-order valence-corrected chi connectivity index (χ3v) is 8.87. The summed E-state index contributed by atoms with van der Waals surface area (Å²) >= 11 is 0. The van der Waals surface area contributed by atoms with Crippen LogP contribution in [0.3, 0.4) is 0 Å². The average Bonchev–Trinajstić information content (AvgIpc) is 3.67. The summed E-state index contributed by atoms with van der Waals surface area (Å²) in [6.07, 6.45) is 4.16. The van der Waals surface area contributed by atoms with E-state index < -0.39 is 17.2 Å². The molecule has 2 atom stereocenters. The van der Waals surface area contributed by atoms with Gasteiger partial charge in [-0.1, -0.05) is 12.1 Å². The van der Waals surface area contributed by atoms with Crippen LogP contribution in [-0.4, -0.2) is 76.9 Å². The minimum Gasteiger partial charge on any atom is -0.383 e. The number of nitrogens with two attached hydrogens (primary N) is 1. The van der Waals surface area contributed by atoms with Crippen LogP contribution in [0.2, 0.25) is 0 Å². The number of alkyl halides is 2. The molecular formula is C34H26F3N11. The number of nitriles is 1. The Balaban J connectivity index is 1.08. The van der Waals surface area contributed by atoms with Gasteiger partial charge in [0.1, 0.15) is 29.0 Å². The Labute approximate surface area is 272 Å². The van der Waals surface area contributed by atoms with Gasteiger partial charge in [0.25, 0.3) is 0 Å². The molecule has 0 unspecified atom stereocenters. The first-order chi connectivity index (χ1) is 23.2. The zero-order valence-corrected chi connectivity index (χ0v) is 25.3. The first-order valence-electron chi connectivity index (χ1n) is 15.1. The molecule has 0 spiro atoms. The van der Waals surface area contributed by atoms with Gasteiger partial charge < -0.3 is 10.6 Å². The Morgan fingerprint density at radius 1 is 0.812 bits per heavy atom. The molecule has 2 aliphatic rings. The standard InChI is InChI=1S/C34H26F3N11/c35-22-5-8-25(42-15-22)26-9-10-27-32(43-26)48(31(44-27)24-2-1-12-41-30(24)39)23-6-3-21(4-7-23)16-46-17-33(36)19-47(20-34(33,37)18-46)29-11-13-40-28(14-38)45-29/h1-13,15H,16-20H2,(H2,39,41)/t33-,34+. The first kappa shape index (κ1) is 29.5. The number of nitrogen functional groups attached to an aromatic ring is 1. The summed E-state index contributed by atoms with van der Waals surface area (Å²) < 4.78 is 47.7. The number of imidazole rings is 1. The quantitative estimate of drug-likeness (QED) is 0.272. The van der Waals surface area contributed by atoms with Crippen LogP contribution in [0.15, 0.2) is 85.3 Å². The van der Waals surface area contributed by atoms with Crippen LogP contribution in [0.25, 0.3) is 39.6 Å². The second-order valence-corrected chi connectivity index (χ2v) is 12.1. The normalized spacial score (nSPS) is 20.7. The van der Waals surface area contributed by atoms with E-state index in [9.17, 15) is 4.39 Å². The van der Waals surface area contributed by atoms with Gasteiger partial charge in [0.05, 0.1) is 36.2 Å². The van der Waals surface area contributed by atoms with Crippen molar-refractivity contribution in [2.45, 2.75) is 17.9 Å². The topological polar surface area (TPSA) is 139 Å². The van der Waals surface area contributed by atoms with Crippen LogP contribution in [0.1, 0.15) is 11.4 Å². The van der Waals surface area contributed by atoms with Crippen LogP contribution in [-0.2, 0) is 6.54 Å². The Bertz CT molecular complexity index is 2200. The number of halogens is 3. The van der Waals surface area contributed by atoms with E-state index in [0.717, 1.165) is 17.4 Å². The van der Waals surface area contributed by atoms with E-state index >= 15 is 8.78 Å². The van der Waals surface area contributed by atoms with Gasteiger partial charge in [-0.3, -0.25) is 14.5 Å². The van der Waals surface area contributed by atoms with Crippen molar-refractivity contribution in [3.8, 4) is 34.5 Å². The molecule has 2 N–H and O–H groups in total. The van der Waals surface area contributed by atoms with Gasteiger partial charge in [-0.05, 0) is 60.2 Å². The van der Waals surface area contributed by atoms with Crippen molar-refractivity contribution in [3.63, 3.8) is 0 Å². The molecule has 2 fully saturated rings. The van der Waals surface area contributed by atoms with Gasteiger partial charge in [0, 0.05) is 37.7 Å². The zero-order chi connectivity index (χ0) is 33.0. The molecule has 6 aromatic rings. The molecule has 5 aromatic heterocycles. The van der Waals surface area contributed by atoms with Crippen molar-refractivity contribution in [1.29, 1.82) is 5.26 Å². The van der Waals surface area contributed by atoms with Crippen LogP contribution < -0.4 is 10.6 Å². The number of rotatable bonds is 6. The van der Waals surface area contributed by atoms with Gasteiger partial charge in [-0.25, -0.2) is 38.1 Å². The lowest BCUT2D eigenvalue weighted by Gasteiger charge is -2.23. The van der Waals surface area contributed by atoms with Crippen molar-refractivity contribution < 1.29 is 13.2 Å². The number of pyridine rings is 3. The highest BCUT2D eigenvalue weighted by molar-refractivity contribution is 5.84. The van der Waals surface area contributed by atoms with E-state index in [1.54, 1.807) is 40.3 Å². The van der Waals surface area contributed by atoms with Crippen molar-refractivity contribution in [2.24, 2.45) is 0 Å². The molecule has 48 heavy (non-hydrogen) atoms. The number of likely N-dealkylation sites (tertiary alicyclic amines) is 1. The molecule has 0 aliphatic carbocycles. The number of benzene rings is 1. The fourth-order valence-electron chi connectivity index (χ4n) is 6.61. The number of hydrogen-bond donors (Lipinski definition) is 1. The maximum atomic E-state index is 16.1. The van der Waals surface area contributed by atoms with Gasteiger partial charge in [-0.15, -0.1) is 0 Å². The summed E-state index contributed by atoms with van der Waals surface area (Å²) in [6.45, 7) is -0.166. The van der Waals surface area contributed by atoms with Gasteiger partial charge in [0.2, 0.25) is 5.82 Å². The van der Waals surface area contributed by atoms with Gasteiger partial charge in [-0.2, -0.15) is 5.26 Å². The molecular weight excluding hydrogens is 619 g/mol. The smallest absolute Gasteiger partial charge is 0.234 e. The second-order valence-electron chi connectivity index (χ2n) is 12.1. The summed E-state index contributed by atoms with van der Waals surface area (Å²) in [4.78, 5) is 29.4. The van der Waals surface area contributed by atoms with E-state index in [0.29, 0.717) is 52.1 Å². The van der Waals surface area contributed by atoms with Crippen LogP contribution >= 0.6 is 0 Å². The minimum atomic E-state index is -2.10. The largest absolute Gasteiger partial charge is 0.383 e. The summed E-state index contributed by atoms with van der Waals surface area (Å²) in [6, 6.07) is 21.1. The Hall–Kier alpha value is -5.94. The molecule has 14 heteroatoms. The van der Waals surface area contributed by atoms with E-state index in [-0.39, 0.29) is 32.0 Å². The van der Waals surface area contributed by atoms with E-state index in [4.69, 9.17) is 21.0 Å². The van der Waals surface area contributed by atoms with Crippen LogP contribution in [0.5, 0.6) is 0 Å². The predicted octanol–water partition coefficient (Wildman–Crippen LogP) is 4.68. The fraction of sp³-hybridized carbons (Fsp3) is 0.206. The van der Waals surface area contributed by atoms with E-state index in [1.165, 1.54) is 12.3 Å². The Morgan fingerprint density at radius 3 is 2.29 bits per heavy atom. The lowest BCUT2D eigenvalue weighted by molar-refractivity contribution is 0.0491. The number of aromatic nitrogens is 7. The molecule has 0 amide bonds. The van der Waals surface area contributed by atoms with Crippen molar-refractivity contribution in [1.82, 2.24) is 39.4 Å². The third-order valence-electron chi connectivity index (χ3n) is 8.87. The molecule has 0 bridgehead atoms. The third kappa shape index (κ3) is 4.96. The average molecular weight is 646 g/mol. The number of anilines is 2. The maximum Gasteiger partial charge on any atom is 0.234 e. The van der Waals surface area contributed by atoms with Gasteiger partial charge in [0.15, 0.2) is 22.8 Å². The number of hydrogen-bond acceptors (Lipinski definition) is 10.